The van der Waals surface area contributed by atoms with Crippen molar-refractivity contribution in [1.82, 2.24) is 4.90 Å². The van der Waals surface area contributed by atoms with Crippen molar-refractivity contribution in [3.63, 3.8) is 0 Å². The van der Waals surface area contributed by atoms with Crippen LogP contribution in [0.5, 0.6) is 0 Å². The van der Waals surface area contributed by atoms with E-state index in [4.69, 9.17) is 15.3 Å². The molecule has 21 heavy (non-hydrogen) atoms. The van der Waals surface area contributed by atoms with E-state index < -0.39 is 5.97 Å². The normalized spacial score (nSPS) is 13.1. The Morgan fingerprint density at radius 1 is 1.19 bits per heavy atom. The lowest BCUT2D eigenvalue weighted by molar-refractivity contribution is 0.0697. The number of aliphatic hydroxyl groups excluding tert-OH is 2. The molecule has 0 atom stereocenters. The highest BCUT2D eigenvalue weighted by atomic mass is 16.4. The van der Waals surface area contributed by atoms with Crippen molar-refractivity contribution in [2.75, 3.05) is 37.7 Å². The van der Waals surface area contributed by atoms with E-state index in [-0.39, 0.29) is 37.9 Å². The molecule has 0 aromatic heterocycles. The van der Waals surface area contributed by atoms with Crippen molar-refractivity contribution >= 4 is 17.7 Å². The van der Waals surface area contributed by atoms with Crippen LogP contribution in [-0.4, -0.2) is 65.1 Å². The predicted molar refractivity (Wildman–Crippen MR) is 75.6 cm³/mol. The van der Waals surface area contributed by atoms with Gasteiger partial charge in [-0.05, 0) is 24.1 Å². The van der Waals surface area contributed by atoms with Crippen LogP contribution in [0.3, 0.4) is 0 Å². The molecule has 0 saturated carbocycles. The number of fused-ring (bicyclic) bond motifs is 1. The summed E-state index contributed by atoms with van der Waals surface area (Å²) >= 11 is 0. The van der Waals surface area contributed by atoms with E-state index in [0.717, 1.165) is 5.56 Å². The van der Waals surface area contributed by atoms with Crippen LogP contribution in [0.4, 0.5) is 10.5 Å². The van der Waals surface area contributed by atoms with Gasteiger partial charge in [0.25, 0.3) is 0 Å². The summed E-state index contributed by atoms with van der Waals surface area (Å²) in [7, 11) is 0. The molecule has 1 aromatic carbocycles. The van der Waals surface area contributed by atoms with Gasteiger partial charge in [0.1, 0.15) is 0 Å². The number of carboxylic acid groups (broad SMARTS) is 1. The largest absolute Gasteiger partial charge is 0.478 e. The Hall–Kier alpha value is -2.12. The Morgan fingerprint density at radius 2 is 1.86 bits per heavy atom. The molecule has 1 heterocycles. The average Bonchev–Trinajstić information content (AvgIpc) is 2.89. The van der Waals surface area contributed by atoms with Gasteiger partial charge in [-0.3, -0.25) is 4.90 Å². The third-order valence-corrected chi connectivity index (χ3v) is 3.47. The molecule has 2 amide bonds. The summed E-state index contributed by atoms with van der Waals surface area (Å²) in [5.41, 5.74) is 1.63. The van der Waals surface area contributed by atoms with E-state index in [2.05, 4.69) is 0 Å². The quantitative estimate of drug-likeness (QED) is 0.718. The number of hydrogen-bond donors (Lipinski definition) is 3. The van der Waals surface area contributed by atoms with Crippen LogP contribution in [0.25, 0.3) is 0 Å². The van der Waals surface area contributed by atoms with E-state index in [9.17, 15) is 9.59 Å². The number of nitrogens with zero attached hydrogens (tertiary/aromatic N) is 2. The molecule has 1 aliphatic rings. The van der Waals surface area contributed by atoms with Gasteiger partial charge in [0.05, 0.1) is 18.8 Å². The van der Waals surface area contributed by atoms with E-state index in [1.54, 1.807) is 6.07 Å². The average molecular weight is 294 g/mol. The van der Waals surface area contributed by atoms with Crippen molar-refractivity contribution < 1.29 is 24.9 Å². The zero-order valence-electron chi connectivity index (χ0n) is 11.5. The van der Waals surface area contributed by atoms with Crippen LogP contribution in [0.15, 0.2) is 18.2 Å². The Labute approximate surface area is 122 Å². The van der Waals surface area contributed by atoms with Crippen LogP contribution in [0.1, 0.15) is 15.9 Å². The highest BCUT2D eigenvalue weighted by Gasteiger charge is 2.28. The van der Waals surface area contributed by atoms with Crippen LogP contribution < -0.4 is 4.90 Å². The SMILES string of the molecule is O=C(O)c1ccc2c(c1)N(C(=O)N(CCO)CCO)CC2. The summed E-state index contributed by atoms with van der Waals surface area (Å²) in [5, 5.41) is 27.0. The number of urea groups is 1. The first-order chi connectivity index (χ1) is 10.1. The molecule has 0 spiro atoms. The molecule has 0 aliphatic carbocycles. The van der Waals surface area contributed by atoms with Crippen LogP contribution in [-0.2, 0) is 6.42 Å². The van der Waals surface area contributed by atoms with Crippen molar-refractivity contribution in [2.24, 2.45) is 0 Å². The minimum absolute atomic E-state index is 0.129. The topological polar surface area (TPSA) is 101 Å². The molecule has 2 rings (SSSR count). The Morgan fingerprint density at radius 3 is 2.43 bits per heavy atom. The lowest BCUT2D eigenvalue weighted by Crippen LogP contribution is -2.45. The Bertz CT molecular complexity index is 540. The first kappa shape index (κ1) is 15.3. The van der Waals surface area contributed by atoms with Gasteiger partial charge in [-0.1, -0.05) is 6.07 Å². The third-order valence-electron chi connectivity index (χ3n) is 3.47. The summed E-state index contributed by atoms with van der Waals surface area (Å²) < 4.78 is 0. The molecule has 7 nitrogen and oxygen atoms in total. The third kappa shape index (κ3) is 3.14. The fourth-order valence-corrected chi connectivity index (χ4v) is 2.43. The second-order valence-corrected chi connectivity index (χ2v) is 4.77. The van der Waals surface area contributed by atoms with Crippen molar-refractivity contribution in [3.8, 4) is 0 Å². The summed E-state index contributed by atoms with van der Waals surface area (Å²) in [4.78, 5) is 26.3. The van der Waals surface area contributed by atoms with E-state index in [1.807, 2.05) is 0 Å². The van der Waals surface area contributed by atoms with Crippen LogP contribution in [0.2, 0.25) is 0 Å². The molecule has 7 heteroatoms. The summed E-state index contributed by atoms with van der Waals surface area (Å²) in [6.07, 6.45) is 0.660. The lowest BCUT2D eigenvalue weighted by atomic mass is 10.1. The summed E-state index contributed by atoms with van der Waals surface area (Å²) in [5.74, 6) is -1.04. The number of carbonyl (C=O) groups excluding carboxylic acids is 1. The molecule has 114 valence electrons. The van der Waals surface area contributed by atoms with Crippen molar-refractivity contribution in [3.05, 3.63) is 29.3 Å². The maximum absolute atomic E-state index is 12.5. The fourth-order valence-electron chi connectivity index (χ4n) is 2.43. The smallest absolute Gasteiger partial charge is 0.335 e. The van der Waals surface area contributed by atoms with Gasteiger partial charge in [0.15, 0.2) is 0 Å². The molecule has 0 radical (unpaired) electrons. The molecule has 0 saturated heterocycles. The number of hydrogen-bond acceptors (Lipinski definition) is 4. The number of carboxylic acids is 1. The maximum Gasteiger partial charge on any atom is 0.335 e. The first-order valence-electron chi connectivity index (χ1n) is 6.73. The van der Waals surface area contributed by atoms with Gasteiger partial charge in [-0.2, -0.15) is 0 Å². The first-order valence-corrected chi connectivity index (χ1v) is 6.73. The standard InChI is InChI=1S/C14H18N2O5/c17-7-5-15(6-8-18)14(21)16-4-3-10-1-2-11(13(19)20)9-12(10)16/h1-2,9,17-18H,3-8H2,(H,19,20). The van der Waals surface area contributed by atoms with Crippen molar-refractivity contribution in [2.45, 2.75) is 6.42 Å². The van der Waals surface area contributed by atoms with Crippen molar-refractivity contribution in [1.29, 1.82) is 0 Å². The Balaban J connectivity index is 2.25. The highest BCUT2D eigenvalue weighted by Crippen LogP contribution is 2.30. The molecule has 1 aromatic rings. The minimum atomic E-state index is -1.04. The van der Waals surface area contributed by atoms with Gasteiger partial charge in [-0.15, -0.1) is 0 Å². The minimum Gasteiger partial charge on any atom is -0.478 e. The van der Waals surface area contributed by atoms with E-state index in [1.165, 1.54) is 21.9 Å². The molecule has 3 N–H and O–H groups in total. The predicted octanol–water partition coefficient (Wildman–Crippen LogP) is 0.154. The van der Waals surface area contributed by atoms with E-state index in [0.29, 0.717) is 18.7 Å². The van der Waals surface area contributed by atoms with Gasteiger partial charge in [0, 0.05) is 25.3 Å². The second-order valence-electron chi connectivity index (χ2n) is 4.77. The number of rotatable bonds is 5. The zero-order chi connectivity index (χ0) is 15.4. The Kier molecular flexibility index (Phi) is 4.77. The number of amides is 2. The summed E-state index contributed by atoms with van der Waals surface area (Å²) in [6.45, 7) is 0.335. The molecular weight excluding hydrogens is 276 g/mol. The molecule has 0 unspecified atom stereocenters. The van der Waals surface area contributed by atoms with Gasteiger partial charge >= 0.3 is 12.0 Å². The second kappa shape index (κ2) is 6.55. The molecule has 0 fully saturated rings. The molecule has 1 aliphatic heterocycles. The summed E-state index contributed by atoms with van der Waals surface area (Å²) in [6, 6.07) is 4.39. The van der Waals surface area contributed by atoms with Crippen LogP contribution >= 0.6 is 0 Å². The molecule has 0 bridgehead atoms. The maximum atomic E-state index is 12.5. The highest BCUT2D eigenvalue weighted by molar-refractivity contribution is 5.97. The van der Waals surface area contributed by atoms with E-state index >= 15 is 0 Å². The van der Waals surface area contributed by atoms with Gasteiger partial charge < -0.3 is 20.2 Å². The van der Waals surface area contributed by atoms with Crippen LogP contribution in [0, 0.1) is 0 Å². The van der Waals surface area contributed by atoms with Gasteiger partial charge in [-0.25, -0.2) is 9.59 Å². The number of aliphatic hydroxyl groups is 2. The number of anilines is 1. The number of carbonyl (C=O) groups is 2. The number of aromatic carboxylic acids is 1. The van der Waals surface area contributed by atoms with Gasteiger partial charge in [0.2, 0.25) is 0 Å². The zero-order valence-corrected chi connectivity index (χ0v) is 11.5. The lowest BCUT2D eigenvalue weighted by Gasteiger charge is -2.27. The number of benzene rings is 1. The fraction of sp³-hybridized carbons (Fsp3) is 0.429. The monoisotopic (exact) mass is 294 g/mol. The molecular formula is C14H18N2O5.